The third-order valence-electron chi connectivity index (χ3n) is 5.27. The Morgan fingerprint density at radius 2 is 1.87 bits per heavy atom. The molecule has 150 valence electrons. The molecule has 2 aromatic carbocycles. The highest BCUT2D eigenvalue weighted by molar-refractivity contribution is 7.10. The molecule has 4 heteroatoms. The molecule has 1 aromatic heterocycles. The van der Waals surface area contributed by atoms with E-state index in [1.807, 2.05) is 23.7 Å². The molecule has 1 aliphatic carbocycles. The van der Waals surface area contributed by atoms with E-state index >= 15 is 0 Å². The van der Waals surface area contributed by atoms with Gasteiger partial charge in [0.2, 0.25) is 0 Å². The second-order valence-electron chi connectivity index (χ2n) is 7.85. The van der Waals surface area contributed by atoms with Gasteiger partial charge in [0.25, 0.3) is 0 Å². The predicted molar refractivity (Wildman–Crippen MR) is 122 cm³/mol. The zero-order valence-electron chi connectivity index (χ0n) is 17.4. The molecule has 0 aliphatic heterocycles. The number of allylic oxidation sites excluding steroid dienone is 1. The number of fused-ring (bicyclic) bond motifs is 1. The number of carbonyl (C=O) groups is 1. The summed E-state index contributed by atoms with van der Waals surface area (Å²) in [6.07, 6.45) is 5.14. The Bertz CT molecular complexity index is 1160. The van der Waals surface area contributed by atoms with Gasteiger partial charge in [0, 0.05) is 28.3 Å². The van der Waals surface area contributed by atoms with E-state index in [4.69, 9.17) is 4.74 Å². The topological polar surface area (TPSA) is 39.2 Å². The minimum absolute atomic E-state index is 0.0883. The minimum Gasteiger partial charge on any atom is -0.462 e. The summed E-state index contributed by atoms with van der Waals surface area (Å²) in [5.41, 5.74) is 6.19. The molecule has 0 unspecified atom stereocenters. The summed E-state index contributed by atoms with van der Waals surface area (Å²) in [7, 11) is 0. The summed E-state index contributed by atoms with van der Waals surface area (Å²) < 4.78 is 5.02. The van der Waals surface area contributed by atoms with Crippen LogP contribution in [0.25, 0.3) is 5.57 Å². The molecule has 0 saturated heterocycles. The van der Waals surface area contributed by atoms with Crippen LogP contribution in [0, 0.1) is 11.8 Å². The summed E-state index contributed by atoms with van der Waals surface area (Å²) >= 11 is 1.66. The lowest BCUT2D eigenvalue weighted by atomic mass is 9.73. The fourth-order valence-electron chi connectivity index (χ4n) is 3.62. The van der Waals surface area contributed by atoms with E-state index in [0.29, 0.717) is 12.2 Å². The molecule has 4 rings (SSSR count). The third kappa shape index (κ3) is 4.08. The Morgan fingerprint density at radius 1 is 1.13 bits per heavy atom. The first-order valence-electron chi connectivity index (χ1n) is 10.0. The van der Waals surface area contributed by atoms with Gasteiger partial charge in [-0.15, -0.1) is 11.3 Å². The molecular weight excluding hydrogens is 390 g/mol. The minimum atomic E-state index is -0.309. The van der Waals surface area contributed by atoms with Crippen LogP contribution >= 0.6 is 11.3 Å². The summed E-state index contributed by atoms with van der Waals surface area (Å²) in [5.74, 6) is 6.16. The lowest BCUT2D eigenvalue weighted by Crippen LogP contribution is -2.21. The molecule has 0 radical (unpaired) electrons. The molecule has 30 heavy (non-hydrogen) atoms. The molecule has 0 fully saturated rings. The Balaban J connectivity index is 1.64. The number of esters is 1. The van der Waals surface area contributed by atoms with E-state index < -0.39 is 0 Å². The van der Waals surface area contributed by atoms with Crippen molar-refractivity contribution >= 4 is 22.9 Å². The fourth-order valence-corrected chi connectivity index (χ4v) is 4.31. The van der Waals surface area contributed by atoms with E-state index in [1.54, 1.807) is 30.4 Å². The van der Waals surface area contributed by atoms with Crippen LogP contribution in [0.1, 0.15) is 64.8 Å². The molecular formula is C26H23NO2S. The zero-order chi connectivity index (χ0) is 21.1. The maximum atomic E-state index is 11.8. The number of hydrogen-bond donors (Lipinski definition) is 0. The summed E-state index contributed by atoms with van der Waals surface area (Å²) in [4.78, 5) is 16.3. The average Bonchev–Trinajstić information content (AvgIpc) is 3.27. The number of rotatable bonds is 3. The lowest BCUT2D eigenvalue weighted by Gasteiger charge is -2.31. The van der Waals surface area contributed by atoms with Gasteiger partial charge in [0.15, 0.2) is 0 Å². The highest BCUT2D eigenvalue weighted by Gasteiger charge is 2.29. The molecule has 0 amide bonds. The lowest BCUT2D eigenvalue weighted by molar-refractivity contribution is 0.0526. The van der Waals surface area contributed by atoms with Crippen molar-refractivity contribution in [2.75, 3.05) is 6.61 Å². The van der Waals surface area contributed by atoms with E-state index in [2.05, 4.69) is 54.9 Å². The van der Waals surface area contributed by atoms with Gasteiger partial charge in [-0.05, 0) is 66.3 Å². The van der Waals surface area contributed by atoms with Gasteiger partial charge in [0.05, 0.1) is 12.2 Å². The monoisotopic (exact) mass is 413 g/mol. The van der Waals surface area contributed by atoms with E-state index in [-0.39, 0.29) is 11.4 Å². The van der Waals surface area contributed by atoms with Crippen molar-refractivity contribution < 1.29 is 9.53 Å². The second-order valence-corrected chi connectivity index (χ2v) is 8.75. The SMILES string of the molecule is CCOC(=O)c1ccc(C#Cc2ccc3c(c2)C(c2nccs2)=CCC3(C)C)cc1. The van der Waals surface area contributed by atoms with Crippen LogP contribution in [0.2, 0.25) is 0 Å². The van der Waals surface area contributed by atoms with Crippen molar-refractivity contribution in [3.8, 4) is 11.8 Å². The van der Waals surface area contributed by atoms with Crippen molar-refractivity contribution in [3.63, 3.8) is 0 Å². The number of thiazole rings is 1. The maximum absolute atomic E-state index is 11.8. The van der Waals surface area contributed by atoms with Crippen molar-refractivity contribution in [1.29, 1.82) is 0 Å². The van der Waals surface area contributed by atoms with Gasteiger partial charge in [0.1, 0.15) is 5.01 Å². The van der Waals surface area contributed by atoms with E-state index in [9.17, 15) is 4.79 Å². The van der Waals surface area contributed by atoms with Crippen LogP contribution in [0.5, 0.6) is 0 Å². The Morgan fingerprint density at radius 3 is 2.57 bits per heavy atom. The highest BCUT2D eigenvalue weighted by atomic mass is 32.1. The third-order valence-corrected chi connectivity index (χ3v) is 6.07. The molecule has 3 nitrogen and oxygen atoms in total. The van der Waals surface area contributed by atoms with Gasteiger partial charge in [-0.2, -0.15) is 0 Å². The van der Waals surface area contributed by atoms with Gasteiger partial charge >= 0.3 is 5.97 Å². The largest absolute Gasteiger partial charge is 0.462 e. The first-order valence-corrected chi connectivity index (χ1v) is 10.9. The number of aromatic nitrogens is 1. The van der Waals surface area contributed by atoms with Gasteiger partial charge in [-0.25, -0.2) is 9.78 Å². The Labute approximate surface area is 181 Å². The van der Waals surface area contributed by atoms with Crippen LogP contribution in [-0.4, -0.2) is 17.6 Å². The second kappa shape index (κ2) is 8.30. The van der Waals surface area contributed by atoms with Crippen LogP contribution in [0.15, 0.2) is 60.1 Å². The Kier molecular flexibility index (Phi) is 5.57. The van der Waals surface area contributed by atoms with Gasteiger partial charge < -0.3 is 4.74 Å². The molecule has 0 N–H and O–H groups in total. The summed E-state index contributed by atoms with van der Waals surface area (Å²) in [5, 5.41) is 3.06. The van der Waals surface area contributed by atoms with Crippen molar-refractivity contribution in [3.05, 3.63) is 92.9 Å². The van der Waals surface area contributed by atoms with Crippen molar-refractivity contribution in [1.82, 2.24) is 4.98 Å². The van der Waals surface area contributed by atoms with E-state index in [0.717, 1.165) is 22.6 Å². The summed E-state index contributed by atoms with van der Waals surface area (Å²) in [6.45, 7) is 6.72. The molecule has 3 aromatic rings. The first-order chi connectivity index (χ1) is 14.5. The van der Waals surface area contributed by atoms with Gasteiger partial charge in [-0.3, -0.25) is 0 Å². The number of hydrogen-bond acceptors (Lipinski definition) is 4. The number of benzene rings is 2. The number of carbonyl (C=O) groups excluding carboxylic acids is 1. The van der Waals surface area contributed by atoms with Crippen molar-refractivity contribution in [2.24, 2.45) is 0 Å². The fraction of sp³-hybridized carbons (Fsp3) is 0.231. The maximum Gasteiger partial charge on any atom is 0.338 e. The molecule has 0 atom stereocenters. The Hall–Kier alpha value is -3.16. The molecule has 1 heterocycles. The van der Waals surface area contributed by atoms with Crippen LogP contribution < -0.4 is 0 Å². The number of ether oxygens (including phenoxy) is 1. The van der Waals surface area contributed by atoms with Crippen LogP contribution in [0.3, 0.4) is 0 Å². The zero-order valence-corrected chi connectivity index (χ0v) is 18.2. The highest BCUT2D eigenvalue weighted by Crippen LogP contribution is 2.41. The standard InChI is InChI=1S/C26H23NO2S/c1-4-29-25(28)20-10-7-18(8-11-20)5-6-19-9-12-23-22(17-19)21(13-14-26(23,2)3)24-27-15-16-30-24/h7-13,15-17H,4,14H2,1-3H3. The van der Waals surface area contributed by atoms with Crippen molar-refractivity contribution in [2.45, 2.75) is 32.6 Å². The average molecular weight is 414 g/mol. The van der Waals surface area contributed by atoms with Crippen LogP contribution in [-0.2, 0) is 10.2 Å². The predicted octanol–water partition coefficient (Wildman–Crippen LogP) is 5.83. The smallest absolute Gasteiger partial charge is 0.338 e. The normalized spacial score (nSPS) is 14.2. The molecule has 0 spiro atoms. The van der Waals surface area contributed by atoms with E-state index in [1.165, 1.54) is 16.7 Å². The van der Waals surface area contributed by atoms with Crippen LogP contribution in [0.4, 0.5) is 0 Å². The van der Waals surface area contributed by atoms with Gasteiger partial charge in [-0.1, -0.05) is 37.8 Å². The number of nitrogens with zero attached hydrogens (tertiary/aromatic N) is 1. The summed E-state index contributed by atoms with van der Waals surface area (Å²) in [6, 6.07) is 13.7. The molecule has 0 saturated carbocycles. The first kappa shape index (κ1) is 20.1. The molecule has 0 bridgehead atoms. The quantitative estimate of drug-likeness (QED) is 0.400. The molecule has 1 aliphatic rings.